The highest BCUT2D eigenvalue weighted by atomic mass is 16.6. The van der Waals surface area contributed by atoms with Gasteiger partial charge in [-0.2, -0.15) is 0 Å². The molecule has 1 fully saturated rings. The van der Waals surface area contributed by atoms with Crippen molar-refractivity contribution in [2.45, 2.75) is 51.7 Å². The van der Waals surface area contributed by atoms with Crippen LogP contribution < -0.4 is 4.74 Å². The number of aliphatic hydroxyl groups excluding tert-OH is 1. The van der Waals surface area contributed by atoms with Crippen molar-refractivity contribution in [3.05, 3.63) is 35.9 Å². The number of aliphatic hydroxyl groups is 1. The Bertz CT molecular complexity index is 519. The molecule has 0 aromatic heterocycles. The highest BCUT2D eigenvalue weighted by molar-refractivity contribution is 5.70. The molecule has 1 aliphatic heterocycles. The number of hydrogen-bond acceptors (Lipinski definition) is 4. The van der Waals surface area contributed by atoms with Gasteiger partial charge in [0.1, 0.15) is 18.5 Å². The van der Waals surface area contributed by atoms with E-state index in [2.05, 4.69) is 6.08 Å². The highest BCUT2D eigenvalue weighted by Crippen LogP contribution is 2.18. The van der Waals surface area contributed by atoms with Crippen molar-refractivity contribution >= 4 is 12.0 Å². The Labute approximate surface area is 138 Å². The van der Waals surface area contributed by atoms with Crippen molar-refractivity contribution in [3.63, 3.8) is 0 Å². The van der Waals surface area contributed by atoms with E-state index in [0.717, 1.165) is 30.6 Å². The molecule has 4 heteroatoms. The Kier molecular flexibility index (Phi) is 6.66. The van der Waals surface area contributed by atoms with E-state index in [0.29, 0.717) is 13.0 Å². The van der Waals surface area contributed by atoms with Gasteiger partial charge in [-0.1, -0.05) is 31.2 Å². The summed E-state index contributed by atoms with van der Waals surface area (Å²) in [4.78, 5) is 11.2. The molecule has 0 saturated carbocycles. The number of carbonyl (C=O) groups excluding carboxylic acids is 1. The lowest BCUT2D eigenvalue weighted by atomic mass is 10.0. The fraction of sp³-hybridized carbons (Fsp3) is 0.526. The molecule has 1 unspecified atom stereocenters. The van der Waals surface area contributed by atoms with Crippen LogP contribution in [0.3, 0.4) is 0 Å². The smallest absolute Gasteiger partial charge is 0.306 e. The van der Waals surface area contributed by atoms with Gasteiger partial charge in [0.2, 0.25) is 0 Å². The second kappa shape index (κ2) is 8.73. The number of cyclic esters (lactones) is 1. The van der Waals surface area contributed by atoms with Crippen molar-refractivity contribution < 1.29 is 19.4 Å². The average molecular weight is 318 g/mol. The van der Waals surface area contributed by atoms with E-state index in [9.17, 15) is 9.90 Å². The summed E-state index contributed by atoms with van der Waals surface area (Å²) in [6.07, 6.45) is 6.83. The number of ether oxygens (including phenoxy) is 2. The first-order valence-corrected chi connectivity index (χ1v) is 8.31. The SMILES string of the molecule is C[C@H](O)[C@H](C)C/C=C/c1ccc(OCC2CCCC(=O)O2)cc1. The van der Waals surface area contributed by atoms with Crippen LogP contribution in [0.2, 0.25) is 0 Å². The maximum Gasteiger partial charge on any atom is 0.306 e. The summed E-state index contributed by atoms with van der Waals surface area (Å²) < 4.78 is 10.9. The Morgan fingerprint density at radius 1 is 1.35 bits per heavy atom. The van der Waals surface area contributed by atoms with Crippen LogP contribution in [0.1, 0.15) is 45.1 Å². The first-order valence-electron chi connectivity index (χ1n) is 8.31. The topological polar surface area (TPSA) is 55.8 Å². The summed E-state index contributed by atoms with van der Waals surface area (Å²) in [6, 6.07) is 7.82. The fourth-order valence-corrected chi connectivity index (χ4v) is 2.38. The third kappa shape index (κ3) is 6.06. The van der Waals surface area contributed by atoms with E-state index in [-0.39, 0.29) is 24.1 Å². The van der Waals surface area contributed by atoms with Gasteiger partial charge in [0.25, 0.3) is 0 Å². The predicted molar refractivity (Wildman–Crippen MR) is 90.2 cm³/mol. The fourth-order valence-electron chi connectivity index (χ4n) is 2.38. The molecule has 126 valence electrons. The zero-order valence-corrected chi connectivity index (χ0v) is 13.9. The summed E-state index contributed by atoms with van der Waals surface area (Å²) in [6.45, 7) is 4.26. The lowest BCUT2D eigenvalue weighted by molar-refractivity contribution is -0.155. The molecule has 3 atom stereocenters. The number of allylic oxidation sites excluding steroid dienone is 1. The van der Waals surface area contributed by atoms with Crippen LogP contribution in [0.15, 0.2) is 30.3 Å². The second-order valence-electron chi connectivity index (χ2n) is 6.24. The number of benzene rings is 1. The van der Waals surface area contributed by atoms with Gasteiger partial charge in [-0.05, 0) is 49.8 Å². The Morgan fingerprint density at radius 2 is 2.09 bits per heavy atom. The molecule has 1 heterocycles. The monoisotopic (exact) mass is 318 g/mol. The number of esters is 1. The second-order valence-corrected chi connectivity index (χ2v) is 6.24. The van der Waals surface area contributed by atoms with Crippen LogP contribution in [-0.4, -0.2) is 29.9 Å². The first kappa shape index (κ1) is 17.5. The minimum atomic E-state index is -0.288. The molecule has 0 bridgehead atoms. The van der Waals surface area contributed by atoms with E-state index in [1.807, 2.05) is 44.2 Å². The van der Waals surface area contributed by atoms with E-state index in [1.165, 1.54) is 0 Å². The maximum atomic E-state index is 11.2. The highest BCUT2D eigenvalue weighted by Gasteiger charge is 2.20. The molecule has 0 aliphatic carbocycles. The van der Waals surface area contributed by atoms with Gasteiger partial charge in [-0.15, -0.1) is 0 Å². The van der Waals surface area contributed by atoms with E-state index < -0.39 is 0 Å². The van der Waals surface area contributed by atoms with Gasteiger partial charge in [-0.3, -0.25) is 4.79 Å². The number of rotatable bonds is 7. The van der Waals surface area contributed by atoms with Crippen LogP contribution in [-0.2, 0) is 9.53 Å². The third-order valence-electron chi connectivity index (χ3n) is 4.16. The first-order chi connectivity index (χ1) is 11.0. The normalized spacial score (nSPS) is 21.0. The quantitative estimate of drug-likeness (QED) is 0.781. The van der Waals surface area contributed by atoms with Gasteiger partial charge in [0.15, 0.2) is 0 Å². The van der Waals surface area contributed by atoms with Crippen LogP contribution in [0.5, 0.6) is 5.75 Å². The molecule has 2 rings (SSSR count). The molecular formula is C19H26O4. The molecule has 0 spiro atoms. The van der Waals surface area contributed by atoms with Crippen molar-refractivity contribution in [1.29, 1.82) is 0 Å². The van der Waals surface area contributed by atoms with Crippen LogP contribution in [0.25, 0.3) is 6.08 Å². The molecule has 23 heavy (non-hydrogen) atoms. The van der Waals surface area contributed by atoms with E-state index >= 15 is 0 Å². The lowest BCUT2D eigenvalue weighted by Gasteiger charge is -2.22. The summed E-state index contributed by atoms with van der Waals surface area (Å²) >= 11 is 0. The summed E-state index contributed by atoms with van der Waals surface area (Å²) in [7, 11) is 0. The van der Waals surface area contributed by atoms with Gasteiger partial charge in [0.05, 0.1) is 6.10 Å². The van der Waals surface area contributed by atoms with Crippen molar-refractivity contribution in [3.8, 4) is 5.75 Å². The van der Waals surface area contributed by atoms with E-state index in [1.54, 1.807) is 0 Å². The summed E-state index contributed by atoms with van der Waals surface area (Å²) in [5, 5.41) is 9.46. The largest absolute Gasteiger partial charge is 0.490 e. The van der Waals surface area contributed by atoms with Crippen LogP contribution in [0, 0.1) is 5.92 Å². The minimum absolute atomic E-state index is 0.127. The molecule has 0 radical (unpaired) electrons. The van der Waals surface area contributed by atoms with E-state index in [4.69, 9.17) is 9.47 Å². The van der Waals surface area contributed by atoms with Crippen molar-refractivity contribution in [2.24, 2.45) is 5.92 Å². The summed E-state index contributed by atoms with van der Waals surface area (Å²) in [5.41, 5.74) is 1.10. The maximum absolute atomic E-state index is 11.2. The molecule has 1 N–H and O–H groups in total. The summed E-state index contributed by atoms with van der Waals surface area (Å²) in [5.74, 6) is 0.907. The zero-order chi connectivity index (χ0) is 16.7. The molecule has 1 aliphatic rings. The average Bonchev–Trinajstić information content (AvgIpc) is 2.54. The van der Waals surface area contributed by atoms with Crippen molar-refractivity contribution in [1.82, 2.24) is 0 Å². The number of hydrogen-bond donors (Lipinski definition) is 1. The Hall–Kier alpha value is -1.81. The van der Waals surface area contributed by atoms with Crippen LogP contribution >= 0.6 is 0 Å². The van der Waals surface area contributed by atoms with Gasteiger partial charge < -0.3 is 14.6 Å². The van der Waals surface area contributed by atoms with Crippen molar-refractivity contribution in [2.75, 3.05) is 6.61 Å². The lowest BCUT2D eigenvalue weighted by Crippen LogP contribution is -2.28. The minimum Gasteiger partial charge on any atom is -0.490 e. The van der Waals surface area contributed by atoms with Gasteiger partial charge >= 0.3 is 5.97 Å². The van der Waals surface area contributed by atoms with Gasteiger partial charge in [0, 0.05) is 6.42 Å². The third-order valence-corrected chi connectivity index (χ3v) is 4.16. The Morgan fingerprint density at radius 3 is 2.74 bits per heavy atom. The van der Waals surface area contributed by atoms with Crippen LogP contribution in [0.4, 0.5) is 0 Å². The molecule has 1 aromatic carbocycles. The molecule has 1 aromatic rings. The van der Waals surface area contributed by atoms with Gasteiger partial charge in [-0.25, -0.2) is 0 Å². The molecule has 1 saturated heterocycles. The molecule has 4 nitrogen and oxygen atoms in total. The predicted octanol–water partition coefficient (Wildman–Crippen LogP) is 3.58. The molecular weight excluding hydrogens is 292 g/mol. The standard InChI is InChI=1S/C19H26O4/c1-14(15(2)20)5-3-6-16-9-11-17(12-10-16)22-13-18-7-4-8-19(21)23-18/h3,6,9-12,14-15,18,20H,4-5,7-8,13H2,1-2H3/b6-3+/t14-,15+,18?/m1/s1. The zero-order valence-electron chi connectivity index (χ0n) is 13.9. The molecule has 0 amide bonds. The Balaban J connectivity index is 1.77. The number of carbonyl (C=O) groups is 1.